The Hall–Kier alpha value is -5.01. The Labute approximate surface area is 260 Å². The van der Waals surface area contributed by atoms with Crippen molar-refractivity contribution in [2.75, 3.05) is 25.9 Å². The summed E-state index contributed by atoms with van der Waals surface area (Å²) >= 11 is 0. The molecule has 14 heteroatoms. The first kappa shape index (κ1) is 31.9. The highest BCUT2D eigenvalue weighted by Gasteiger charge is 2.26. The van der Waals surface area contributed by atoms with Crippen molar-refractivity contribution in [2.45, 2.75) is 33.9 Å². The molecule has 0 saturated carbocycles. The van der Waals surface area contributed by atoms with Crippen LogP contribution in [0.1, 0.15) is 48.1 Å². The molecule has 0 bridgehead atoms. The third kappa shape index (κ3) is 6.79. The number of hydrogen-bond acceptors (Lipinski definition) is 11. The van der Waals surface area contributed by atoms with Crippen molar-refractivity contribution >= 4 is 40.6 Å². The molecular formula is C30H34ClN9O4. The van der Waals surface area contributed by atoms with E-state index in [0.29, 0.717) is 36.1 Å². The first-order chi connectivity index (χ1) is 20.9. The summed E-state index contributed by atoms with van der Waals surface area (Å²) in [5, 5.41) is 22.3. The molecule has 0 saturated heterocycles. The molecule has 3 N–H and O–H groups in total. The molecule has 0 fully saturated rings. The van der Waals surface area contributed by atoms with Crippen LogP contribution in [0.15, 0.2) is 70.4 Å². The molecule has 44 heavy (non-hydrogen) atoms. The Morgan fingerprint density at radius 3 is 2.57 bits per heavy atom. The Bertz CT molecular complexity index is 1760. The SMILES string of the molecule is CCN(CC)Cc1nnn(-c2nonc2N)c1C(=O)N/N=C(\C)c1ccc(OCc2cccc3ccccc23)c(OC)c1.Cl. The number of aromatic nitrogens is 5. The van der Waals surface area contributed by atoms with E-state index in [9.17, 15) is 4.79 Å². The summed E-state index contributed by atoms with van der Waals surface area (Å²) in [5.41, 5.74) is 11.4. The van der Waals surface area contributed by atoms with Gasteiger partial charge < -0.3 is 15.2 Å². The van der Waals surface area contributed by atoms with Crippen LogP contribution >= 0.6 is 12.4 Å². The second kappa shape index (κ2) is 14.4. The molecule has 0 spiro atoms. The van der Waals surface area contributed by atoms with E-state index in [1.165, 1.54) is 4.68 Å². The second-order valence-corrected chi connectivity index (χ2v) is 9.66. The van der Waals surface area contributed by atoms with Gasteiger partial charge in [-0.05, 0) is 64.9 Å². The molecule has 0 aliphatic rings. The summed E-state index contributed by atoms with van der Waals surface area (Å²) in [6, 6.07) is 19.8. The lowest BCUT2D eigenvalue weighted by Crippen LogP contribution is -2.27. The number of benzene rings is 3. The Balaban J connectivity index is 0.00000442. The fraction of sp³-hybridized carbons (Fsp3) is 0.267. The zero-order valence-corrected chi connectivity index (χ0v) is 25.7. The van der Waals surface area contributed by atoms with Crippen LogP contribution in [-0.2, 0) is 13.2 Å². The molecule has 1 amide bonds. The first-order valence-corrected chi connectivity index (χ1v) is 13.8. The predicted octanol–water partition coefficient (Wildman–Crippen LogP) is 4.39. The summed E-state index contributed by atoms with van der Waals surface area (Å²) in [6.45, 7) is 8.11. The summed E-state index contributed by atoms with van der Waals surface area (Å²) < 4.78 is 17.7. The molecule has 230 valence electrons. The van der Waals surface area contributed by atoms with Gasteiger partial charge in [0, 0.05) is 12.1 Å². The van der Waals surface area contributed by atoms with Crippen LogP contribution in [0.2, 0.25) is 0 Å². The number of rotatable bonds is 12. The number of ether oxygens (including phenoxy) is 2. The zero-order chi connectivity index (χ0) is 30.3. The molecular weight excluding hydrogens is 586 g/mol. The van der Waals surface area contributed by atoms with Gasteiger partial charge >= 0.3 is 0 Å². The summed E-state index contributed by atoms with van der Waals surface area (Å²) in [6.07, 6.45) is 0. The Morgan fingerprint density at radius 1 is 1.07 bits per heavy atom. The minimum atomic E-state index is -0.545. The van der Waals surface area contributed by atoms with E-state index in [-0.39, 0.29) is 29.7 Å². The maximum Gasteiger partial charge on any atom is 0.292 e. The van der Waals surface area contributed by atoms with Gasteiger partial charge in [0.25, 0.3) is 5.91 Å². The van der Waals surface area contributed by atoms with Gasteiger partial charge in [0.2, 0.25) is 11.6 Å². The highest BCUT2D eigenvalue weighted by atomic mass is 35.5. The quantitative estimate of drug-likeness (QED) is 0.151. The number of halogens is 1. The standard InChI is InChI=1S/C30H33N9O4.ClH/c1-5-38(6-2)17-24-27(39(37-33-24)29-28(31)35-43-36-29)30(40)34-32-19(3)21-14-15-25(26(16-21)41-4)42-18-22-12-9-11-20-10-7-8-13-23(20)22;/h7-16H,5-6,17-18H2,1-4H3,(H2,31,35)(H,34,40);1H/b32-19+;. The minimum Gasteiger partial charge on any atom is -0.493 e. The number of methoxy groups -OCH3 is 1. The van der Waals surface area contributed by atoms with Crippen LogP contribution in [-0.4, -0.2) is 62.0 Å². The highest BCUT2D eigenvalue weighted by molar-refractivity contribution is 6.01. The topological polar surface area (TPSA) is 159 Å². The molecule has 0 aliphatic carbocycles. The number of fused-ring (bicyclic) bond motifs is 1. The van der Waals surface area contributed by atoms with E-state index in [4.69, 9.17) is 19.8 Å². The lowest BCUT2D eigenvalue weighted by Gasteiger charge is -2.16. The van der Waals surface area contributed by atoms with E-state index in [2.05, 4.69) is 54.3 Å². The third-order valence-electron chi connectivity index (χ3n) is 7.09. The van der Waals surface area contributed by atoms with Gasteiger partial charge in [0.1, 0.15) is 12.3 Å². The number of nitrogens with two attached hydrogens (primary N) is 1. The van der Waals surface area contributed by atoms with Crippen LogP contribution in [0.25, 0.3) is 16.6 Å². The number of hydrogen-bond donors (Lipinski definition) is 2. The molecule has 13 nitrogen and oxygen atoms in total. The number of nitrogens with one attached hydrogen (secondary N) is 1. The second-order valence-electron chi connectivity index (χ2n) is 9.66. The molecule has 0 unspecified atom stereocenters. The summed E-state index contributed by atoms with van der Waals surface area (Å²) in [5.74, 6) is 0.619. The van der Waals surface area contributed by atoms with Crippen LogP contribution in [0.3, 0.4) is 0 Å². The summed E-state index contributed by atoms with van der Waals surface area (Å²) in [7, 11) is 1.58. The van der Waals surface area contributed by atoms with E-state index in [1.807, 2.05) is 56.3 Å². The van der Waals surface area contributed by atoms with Crippen LogP contribution in [0.5, 0.6) is 11.5 Å². The van der Waals surface area contributed by atoms with Gasteiger partial charge in [-0.1, -0.05) is 61.5 Å². The largest absolute Gasteiger partial charge is 0.493 e. The van der Waals surface area contributed by atoms with Gasteiger partial charge in [-0.2, -0.15) is 9.78 Å². The van der Waals surface area contributed by atoms with Crippen LogP contribution < -0.4 is 20.6 Å². The maximum absolute atomic E-state index is 13.4. The number of nitrogens with zero attached hydrogens (tertiary/aromatic N) is 7. The number of amides is 1. The van der Waals surface area contributed by atoms with Crippen molar-refractivity contribution in [1.82, 2.24) is 35.6 Å². The van der Waals surface area contributed by atoms with Crippen molar-refractivity contribution in [2.24, 2.45) is 5.10 Å². The van der Waals surface area contributed by atoms with Crippen molar-refractivity contribution in [3.05, 3.63) is 83.2 Å². The van der Waals surface area contributed by atoms with E-state index < -0.39 is 5.91 Å². The fourth-order valence-electron chi connectivity index (χ4n) is 4.63. The highest BCUT2D eigenvalue weighted by Crippen LogP contribution is 2.30. The number of anilines is 1. The number of hydrazone groups is 1. The zero-order valence-electron chi connectivity index (χ0n) is 24.9. The van der Waals surface area contributed by atoms with Crippen molar-refractivity contribution < 1.29 is 18.9 Å². The molecule has 5 aromatic rings. The minimum absolute atomic E-state index is 0. The molecule has 0 radical (unpaired) electrons. The molecule has 2 aromatic heterocycles. The smallest absolute Gasteiger partial charge is 0.292 e. The molecule has 0 atom stereocenters. The van der Waals surface area contributed by atoms with Gasteiger partial charge in [-0.3, -0.25) is 9.69 Å². The molecule has 2 heterocycles. The van der Waals surface area contributed by atoms with Gasteiger partial charge in [-0.15, -0.1) is 17.5 Å². The molecule has 0 aliphatic heterocycles. The molecule has 5 rings (SSSR count). The van der Waals surface area contributed by atoms with Gasteiger partial charge in [-0.25, -0.2) is 10.1 Å². The number of nitrogen functional groups attached to an aromatic ring is 1. The number of carbonyl (C=O) groups is 1. The van der Waals surface area contributed by atoms with Gasteiger partial charge in [0.05, 0.1) is 12.8 Å². The van der Waals surface area contributed by atoms with Crippen LogP contribution in [0, 0.1) is 0 Å². The van der Waals surface area contributed by atoms with Gasteiger partial charge in [0.15, 0.2) is 17.2 Å². The first-order valence-electron chi connectivity index (χ1n) is 13.8. The summed E-state index contributed by atoms with van der Waals surface area (Å²) in [4.78, 5) is 15.5. The lowest BCUT2D eigenvalue weighted by molar-refractivity contribution is 0.0944. The monoisotopic (exact) mass is 619 g/mol. The Morgan fingerprint density at radius 2 is 1.84 bits per heavy atom. The normalized spacial score (nSPS) is 11.4. The van der Waals surface area contributed by atoms with Crippen molar-refractivity contribution in [3.8, 4) is 17.3 Å². The van der Waals surface area contributed by atoms with E-state index in [1.54, 1.807) is 14.0 Å². The van der Waals surface area contributed by atoms with Crippen LogP contribution in [0.4, 0.5) is 5.82 Å². The van der Waals surface area contributed by atoms with Crippen molar-refractivity contribution in [3.63, 3.8) is 0 Å². The number of carbonyl (C=O) groups excluding carboxylic acids is 1. The average molecular weight is 620 g/mol. The van der Waals surface area contributed by atoms with Crippen molar-refractivity contribution in [1.29, 1.82) is 0 Å². The predicted molar refractivity (Wildman–Crippen MR) is 168 cm³/mol. The maximum atomic E-state index is 13.4. The lowest BCUT2D eigenvalue weighted by atomic mass is 10.1. The van der Waals surface area contributed by atoms with E-state index >= 15 is 0 Å². The third-order valence-corrected chi connectivity index (χ3v) is 7.09. The molecule has 3 aromatic carbocycles. The fourth-order valence-corrected chi connectivity index (χ4v) is 4.63. The Kier molecular flexibility index (Phi) is 10.5. The average Bonchev–Trinajstić information content (AvgIpc) is 3.66. The van der Waals surface area contributed by atoms with E-state index in [0.717, 1.165) is 35.0 Å².